The summed E-state index contributed by atoms with van der Waals surface area (Å²) in [4.78, 5) is 14.2. The molecule has 1 atom stereocenters. The summed E-state index contributed by atoms with van der Waals surface area (Å²) < 4.78 is 41.7. The molecule has 0 bridgehead atoms. The summed E-state index contributed by atoms with van der Waals surface area (Å²) in [5.41, 5.74) is 2.88. The van der Waals surface area contributed by atoms with Crippen LogP contribution in [0.2, 0.25) is 0 Å². The number of hydrogen-bond donors (Lipinski definition) is 1. The molecule has 2 aliphatic rings. The van der Waals surface area contributed by atoms with Crippen molar-refractivity contribution in [2.75, 3.05) is 25.1 Å². The Morgan fingerprint density at radius 1 is 1.14 bits per heavy atom. The Balaban J connectivity index is 1.62. The van der Waals surface area contributed by atoms with E-state index in [1.165, 1.54) is 19.2 Å². The molecular formula is C26H28F2N4O3. The van der Waals surface area contributed by atoms with Crippen LogP contribution in [0.15, 0.2) is 42.7 Å². The third-order valence-corrected chi connectivity index (χ3v) is 6.84. The lowest BCUT2D eigenvalue weighted by Gasteiger charge is -2.35. The number of rotatable bonds is 4. The van der Waals surface area contributed by atoms with E-state index in [0.29, 0.717) is 35.9 Å². The van der Waals surface area contributed by atoms with Crippen molar-refractivity contribution in [3.63, 3.8) is 0 Å². The molecule has 0 saturated carbocycles. The summed E-state index contributed by atoms with van der Waals surface area (Å²) in [5.74, 6) is -1.88. The summed E-state index contributed by atoms with van der Waals surface area (Å²) >= 11 is 0. The Hall–Kier alpha value is -3.46. The minimum absolute atomic E-state index is 0.0813. The second-order valence-electron chi connectivity index (χ2n) is 9.01. The molecule has 1 N–H and O–H groups in total. The van der Waals surface area contributed by atoms with Crippen molar-refractivity contribution in [1.29, 1.82) is 0 Å². The van der Waals surface area contributed by atoms with Crippen molar-refractivity contribution in [2.45, 2.75) is 44.7 Å². The number of ether oxygens (including phenoxy) is 2. The van der Waals surface area contributed by atoms with E-state index in [9.17, 15) is 13.6 Å². The number of piperidine rings is 1. The molecule has 1 fully saturated rings. The van der Waals surface area contributed by atoms with Gasteiger partial charge in [-0.3, -0.25) is 9.58 Å². The van der Waals surface area contributed by atoms with Crippen molar-refractivity contribution in [1.82, 2.24) is 15.1 Å². The molecular weight excluding hydrogens is 454 g/mol. The highest BCUT2D eigenvalue weighted by Crippen LogP contribution is 2.45. The fourth-order valence-corrected chi connectivity index (χ4v) is 4.95. The molecule has 1 saturated heterocycles. The summed E-state index contributed by atoms with van der Waals surface area (Å²) in [5, 5.41) is 7.95. The number of carbonyl (C=O) groups is 1. The zero-order chi connectivity index (χ0) is 24.5. The Kier molecular flexibility index (Phi) is 6.42. The van der Waals surface area contributed by atoms with Gasteiger partial charge in [-0.1, -0.05) is 6.07 Å². The highest BCUT2D eigenvalue weighted by molar-refractivity contribution is 5.92. The smallest absolute Gasteiger partial charge is 0.414 e. The minimum atomic E-state index is -1.06. The third kappa shape index (κ3) is 4.36. The quantitative estimate of drug-likeness (QED) is 0.535. The first kappa shape index (κ1) is 23.3. The molecule has 9 heteroatoms. The number of nitrogens with zero attached hydrogens (tertiary/aromatic N) is 3. The van der Waals surface area contributed by atoms with Crippen molar-refractivity contribution in [3.8, 4) is 22.6 Å². The molecule has 1 unspecified atom stereocenters. The standard InChI is InChI=1S/C26H28F2N4O3/c1-16-6-7-20-22(32(16)26(33)34-2)9-8-19(25(20)35-23-5-3-4-21(27)24(23)28)17-14-30-31(15-17)18-10-12-29-13-11-18/h3-5,8-9,14-16,18,29H,6-7,10-13H2,1-2H3. The number of fused-ring (bicyclic) bond motifs is 1. The van der Waals surface area contributed by atoms with Crippen LogP contribution in [-0.2, 0) is 11.2 Å². The van der Waals surface area contributed by atoms with E-state index in [-0.39, 0.29) is 11.8 Å². The van der Waals surface area contributed by atoms with Crippen LogP contribution >= 0.6 is 0 Å². The Bertz CT molecular complexity index is 1240. The van der Waals surface area contributed by atoms with Gasteiger partial charge in [-0.15, -0.1) is 0 Å². The monoisotopic (exact) mass is 482 g/mol. The molecule has 3 aromatic rings. The predicted molar refractivity (Wildman–Crippen MR) is 128 cm³/mol. The SMILES string of the molecule is COC(=O)N1c2ccc(-c3cnn(C4CCNCC4)c3)c(Oc3cccc(F)c3F)c2CCC1C. The number of nitrogens with one attached hydrogen (secondary N) is 1. The minimum Gasteiger partial charge on any atom is -0.453 e. The molecule has 7 nitrogen and oxygen atoms in total. The van der Waals surface area contributed by atoms with Crippen molar-refractivity contribution in [3.05, 3.63) is 59.9 Å². The number of methoxy groups -OCH3 is 1. The lowest BCUT2D eigenvalue weighted by Crippen LogP contribution is -2.42. The molecule has 1 amide bonds. The Morgan fingerprint density at radius 2 is 1.94 bits per heavy atom. The average molecular weight is 483 g/mol. The van der Waals surface area contributed by atoms with Gasteiger partial charge in [-0.05, 0) is 70.0 Å². The van der Waals surface area contributed by atoms with E-state index in [4.69, 9.17) is 9.47 Å². The number of aromatic nitrogens is 2. The van der Waals surface area contributed by atoms with Crippen LogP contribution in [-0.4, -0.2) is 42.1 Å². The van der Waals surface area contributed by atoms with E-state index in [1.54, 1.807) is 11.1 Å². The third-order valence-electron chi connectivity index (χ3n) is 6.84. The number of benzene rings is 2. The fraction of sp³-hybridized carbons (Fsp3) is 0.385. The number of amides is 1. The summed E-state index contributed by atoms with van der Waals surface area (Å²) in [6, 6.07) is 7.75. The average Bonchev–Trinajstić information content (AvgIpc) is 3.37. The largest absolute Gasteiger partial charge is 0.453 e. The molecule has 0 radical (unpaired) electrons. The van der Waals surface area contributed by atoms with E-state index < -0.39 is 17.7 Å². The Morgan fingerprint density at radius 3 is 2.71 bits per heavy atom. The van der Waals surface area contributed by atoms with Gasteiger partial charge in [-0.2, -0.15) is 9.49 Å². The van der Waals surface area contributed by atoms with Crippen LogP contribution in [0.1, 0.15) is 37.8 Å². The second-order valence-corrected chi connectivity index (χ2v) is 9.01. The Labute approximate surface area is 202 Å². The van der Waals surface area contributed by atoms with Gasteiger partial charge in [0.2, 0.25) is 5.82 Å². The van der Waals surface area contributed by atoms with Gasteiger partial charge in [0, 0.05) is 28.9 Å². The van der Waals surface area contributed by atoms with E-state index in [1.807, 2.05) is 29.9 Å². The van der Waals surface area contributed by atoms with Gasteiger partial charge >= 0.3 is 6.09 Å². The normalized spacial score (nSPS) is 18.3. The summed E-state index contributed by atoms with van der Waals surface area (Å²) in [7, 11) is 1.34. The van der Waals surface area contributed by atoms with E-state index in [0.717, 1.165) is 43.1 Å². The molecule has 2 aromatic carbocycles. The zero-order valence-electron chi connectivity index (χ0n) is 19.8. The molecule has 2 aliphatic heterocycles. The molecule has 35 heavy (non-hydrogen) atoms. The predicted octanol–water partition coefficient (Wildman–Crippen LogP) is 5.45. The summed E-state index contributed by atoms with van der Waals surface area (Å²) in [6.45, 7) is 3.82. The van der Waals surface area contributed by atoms with Crippen LogP contribution in [0, 0.1) is 11.6 Å². The molecule has 0 aliphatic carbocycles. The van der Waals surface area contributed by atoms with Crippen molar-refractivity contribution in [2.24, 2.45) is 0 Å². The maximum atomic E-state index is 14.6. The fourth-order valence-electron chi connectivity index (χ4n) is 4.95. The van der Waals surface area contributed by atoms with Gasteiger partial charge in [0.05, 0.1) is 25.0 Å². The highest BCUT2D eigenvalue weighted by Gasteiger charge is 2.33. The molecule has 5 rings (SSSR count). The highest BCUT2D eigenvalue weighted by atomic mass is 19.2. The van der Waals surface area contributed by atoms with Gasteiger partial charge in [0.1, 0.15) is 5.75 Å². The number of anilines is 1. The summed E-state index contributed by atoms with van der Waals surface area (Å²) in [6.07, 6.45) is 6.49. The van der Waals surface area contributed by atoms with Gasteiger partial charge in [-0.25, -0.2) is 9.18 Å². The zero-order valence-corrected chi connectivity index (χ0v) is 19.8. The number of halogens is 2. The van der Waals surface area contributed by atoms with Gasteiger partial charge in [0.25, 0.3) is 0 Å². The van der Waals surface area contributed by atoms with E-state index >= 15 is 0 Å². The number of carbonyl (C=O) groups excluding carboxylic acids is 1. The first-order valence-electron chi connectivity index (χ1n) is 11.9. The second kappa shape index (κ2) is 9.65. The topological polar surface area (TPSA) is 68.6 Å². The van der Waals surface area contributed by atoms with Gasteiger partial charge < -0.3 is 14.8 Å². The van der Waals surface area contributed by atoms with Gasteiger partial charge in [0.15, 0.2) is 11.6 Å². The molecule has 184 valence electrons. The lowest BCUT2D eigenvalue weighted by atomic mass is 9.92. The van der Waals surface area contributed by atoms with Crippen molar-refractivity contribution >= 4 is 11.8 Å². The van der Waals surface area contributed by atoms with Crippen LogP contribution in [0.3, 0.4) is 0 Å². The lowest BCUT2D eigenvalue weighted by molar-refractivity contribution is 0.175. The maximum absolute atomic E-state index is 14.6. The first-order chi connectivity index (χ1) is 17.0. The van der Waals surface area contributed by atoms with Crippen LogP contribution < -0.4 is 15.0 Å². The number of hydrogen-bond acceptors (Lipinski definition) is 5. The van der Waals surface area contributed by atoms with Crippen LogP contribution in [0.4, 0.5) is 19.3 Å². The van der Waals surface area contributed by atoms with Crippen LogP contribution in [0.5, 0.6) is 11.5 Å². The van der Waals surface area contributed by atoms with E-state index in [2.05, 4.69) is 10.4 Å². The molecule has 1 aromatic heterocycles. The molecule has 3 heterocycles. The maximum Gasteiger partial charge on any atom is 0.414 e. The first-order valence-corrected chi connectivity index (χ1v) is 11.9. The van der Waals surface area contributed by atoms with Crippen molar-refractivity contribution < 1.29 is 23.0 Å². The molecule has 0 spiro atoms. The van der Waals surface area contributed by atoms with Crippen LogP contribution in [0.25, 0.3) is 11.1 Å².